The van der Waals surface area contributed by atoms with Gasteiger partial charge in [-0.1, -0.05) is 42.5 Å². The van der Waals surface area contributed by atoms with Crippen LogP contribution in [0.25, 0.3) is 0 Å². The molecule has 2 atom stereocenters. The van der Waals surface area contributed by atoms with E-state index in [1.54, 1.807) is 0 Å². The molecule has 0 bridgehead atoms. The summed E-state index contributed by atoms with van der Waals surface area (Å²) in [5.41, 5.74) is 4.35. The topological polar surface area (TPSA) is 12.5 Å². The van der Waals surface area contributed by atoms with E-state index < -0.39 is 0 Å². The van der Waals surface area contributed by atoms with Crippen LogP contribution in [0.2, 0.25) is 0 Å². The predicted molar refractivity (Wildman–Crippen MR) is 74.0 cm³/mol. The Hall–Kier alpha value is -1.25. The Bertz CT molecular complexity index is 542. The van der Waals surface area contributed by atoms with Gasteiger partial charge in [-0.15, -0.1) is 11.8 Å². The van der Waals surface area contributed by atoms with Crippen molar-refractivity contribution in [3.8, 4) is 0 Å². The molecular formula is C16H14OS. The zero-order valence-electron chi connectivity index (χ0n) is 10.0. The molecule has 0 radical (unpaired) electrons. The van der Waals surface area contributed by atoms with Crippen molar-refractivity contribution in [1.29, 1.82) is 0 Å². The standard InChI is InChI=1S/C16H14OS/c1-2-6-12-11(5-1)10-18-15-8-4-3-7-13(15)16(12)14-9-17-14/h1-8,14,16H,9-10H2. The molecule has 2 aliphatic rings. The molecule has 2 heteroatoms. The fraction of sp³-hybridized carbons (Fsp3) is 0.250. The van der Waals surface area contributed by atoms with Crippen molar-refractivity contribution < 1.29 is 4.74 Å². The first-order valence-corrected chi connectivity index (χ1v) is 7.33. The summed E-state index contributed by atoms with van der Waals surface area (Å²) in [5, 5.41) is 0. The minimum atomic E-state index is 0.381. The molecule has 2 aromatic rings. The van der Waals surface area contributed by atoms with Crippen molar-refractivity contribution in [2.24, 2.45) is 0 Å². The Kier molecular flexibility index (Phi) is 2.45. The van der Waals surface area contributed by atoms with Gasteiger partial charge in [-0.05, 0) is 22.8 Å². The molecule has 0 aromatic heterocycles. The zero-order valence-corrected chi connectivity index (χ0v) is 10.8. The van der Waals surface area contributed by atoms with Crippen molar-refractivity contribution in [2.75, 3.05) is 6.61 Å². The van der Waals surface area contributed by atoms with Crippen molar-refractivity contribution in [2.45, 2.75) is 22.7 Å². The number of hydrogen-bond donors (Lipinski definition) is 0. The molecule has 0 N–H and O–H groups in total. The summed E-state index contributed by atoms with van der Waals surface area (Å²) in [6, 6.07) is 17.6. The number of thioether (sulfide) groups is 1. The van der Waals surface area contributed by atoms with Gasteiger partial charge in [0.2, 0.25) is 0 Å². The summed E-state index contributed by atoms with van der Waals surface area (Å²) in [5.74, 6) is 1.49. The minimum absolute atomic E-state index is 0.381. The molecule has 2 aromatic carbocycles. The number of rotatable bonds is 1. The van der Waals surface area contributed by atoms with Crippen molar-refractivity contribution in [3.63, 3.8) is 0 Å². The third-order valence-corrected chi connectivity index (χ3v) is 4.90. The molecule has 2 unspecified atom stereocenters. The Morgan fingerprint density at radius 1 is 0.944 bits per heavy atom. The van der Waals surface area contributed by atoms with E-state index in [1.807, 2.05) is 11.8 Å². The molecule has 0 spiro atoms. The van der Waals surface area contributed by atoms with Crippen LogP contribution in [-0.4, -0.2) is 12.7 Å². The molecule has 0 amide bonds. The molecule has 2 aliphatic heterocycles. The second kappa shape index (κ2) is 4.15. The van der Waals surface area contributed by atoms with E-state index >= 15 is 0 Å². The molecular weight excluding hydrogens is 240 g/mol. The number of epoxide rings is 1. The second-order valence-electron chi connectivity index (χ2n) is 4.87. The number of fused-ring (bicyclic) bond motifs is 2. The fourth-order valence-corrected chi connectivity index (χ4v) is 3.92. The van der Waals surface area contributed by atoms with Gasteiger partial charge in [0.25, 0.3) is 0 Å². The van der Waals surface area contributed by atoms with Crippen LogP contribution in [0.3, 0.4) is 0 Å². The van der Waals surface area contributed by atoms with E-state index in [0.29, 0.717) is 12.0 Å². The SMILES string of the molecule is c1ccc2c(c1)CSc1ccccc1C2C1CO1. The largest absolute Gasteiger partial charge is 0.372 e. The van der Waals surface area contributed by atoms with E-state index in [2.05, 4.69) is 48.5 Å². The summed E-state index contributed by atoms with van der Waals surface area (Å²) < 4.78 is 5.61. The smallest absolute Gasteiger partial charge is 0.0919 e. The van der Waals surface area contributed by atoms with Crippen LogP contribution in [0, 0.1) is 0 Å². The second-order valence-corrected chi connectivity index (χ2v) is 5.89. The maximum absolute atomic E-state index is 5.61. The lowest BCUT2D eigenvalue weighted by atomic mass is 9.86. The van der Waals surface area contributed by atoms with Gasteiger partial charge < -0.3 is 4.74 Å². The highest BCUT2D eigenvalue weighted by Gasteiger charge is 2.38. The molecule has 4 rings (SSSR count). The third-order valence-electron chi connectivity index (χ3n) is 3.76. The Labute approximate surface area is 111 Å². The molecule has 1 saturated heterocycles. The average molecular weight is 254 g/mol. The van der Waals surface area contributed by atoms with Crippen LogP contribution < -0.4 is 0 Å². The maximum atomic E-state index is 5.61. The lowest BCUT2D eigenvalue weighted by molar-refractivity contribution is 0.388. The predicted octanol–water partition coefficient (Wildman–Crippen LogP) is 3.82. The molecule has 90 valence electrons. The summed E-state index contributed by atoms with van der Waals surface area (Å²) in [6.07, 6.45) is 0.381. The van der Waals surface area contributed by atoms with Crippen molar-refractivity contribution >= 4 is 11.8 Å². The fourth-order valence-electron chi connectivity index (χ4n) is 2.81. The summed E-state index contributed by atoms with van der Waals surface area (Å²) in [4.78, 5) is 1.41. The number of benzene rings is 2. The van der Waals surface area contributed by atoms with Gasteiger partial charge in [-0.2, -0.15) is 0 Å². The van der Waals surface area contributed by atoms with E-state index in [0.717, 1.165) is 12.4 Å². The van der Waals surface area contributed by atoms with Crippen LogP contribution in [0.1, 0.15) is 22.6 Å². The van der Waals surface area contributed by atoms with Crippen LogP contribution in [0.4, 0.5) is 0 Å². The Morgan fingerprint density at radius 3 is 2.50 bits per heavy atom. The minimum Gasteiger partial charge on any atom is -0.372 e. The molecule has 0 aliphatic carbocycles. The van der Waals surface area contributed by atoms with Gasteiger partial charge in [0, 0.05) is 16.6 Å². The van der Waals surface area contributed by atoms with Crippen molar-refractivity contribution in [1.82, 2.24) is 0 Å². The Morgan fingerprint density at radius 2 is 1.67 bits per heavy atom. The average Bonchev–Trinajstić information content (AvgIpc) is 3.23. The van der Waals surface area contributed by atoms with Gasteiger partial charge in [0.15, 0.2) is 0 Å². The van der Waals surface area contributed by atoms with E-state index in [9.17, 15) is 0 Å². The quantitative estimate of drug-likeness (QED) is 0.717. The van der Waals surface area contributed by atoms with Gasteiger partial charge in [0.05, 0.1) is 12.7 Å². The zero-order chi connectivity index (χ0) is 11.9. The highest BCUT2D eigenvalue weighted by atomic mass is 32.2. The van der Waals surface area contributed by atoms with Crippen molar-refractivity contribution in [3.05, 3.63) is 65.2 Å². The third kappa shape index (κ3) is 1.68. The Balaban J connectivity index is 1.93. The first-order valence-electron chi connectivity index (χ1n) is 6.34. The highest BCUT2D eigenvalue weighted by Crippen LogP contribution is 2.45. The number of ether oxygens (including phenoxy) is 1. The van der Waals surface area contributed by atoms with Crippen LogP contribution in [0.5, 0.6) is 0 Å². The van der Waals surface area contributed by atoms with Crippen LogP contribution in [0.15, 0.2) is 53.4 Å². The molecule has 2 heterocycles. The maximum Gasteiger partial charge on any atom is 0.0919 e. The normalized spacial score (nSPS) is 24.9. The van der Waals surface area contributed by atoms with Crippen LogP contribution in [-0.2, 0) is 10.5 Å². The van der Waals surface area contributed by atoms with E-state index in [1.165, 1.54) is 21.6 Å². The number of hydrogen-bond acceptors (Lipinski definition) is 2. The van der Waals surface area contributed by atoms with Gasteiger partial charge >= 0.3 is 0 Å². The monoisotopic (exact) mass is 254 g/mol. The summed E-state index contributed by atoms with van der Waals surface area (Å²) >= 11 is 1.95. The molecule has 18 heavy (non-hydrogen) atoms. The van der Waals surface area contributed by atoms with Gasteiger partial charge in [-0.25, -0.2) is 0 Å². The van der Waals surface area contributed by atoms with E-state index in [4.69, 9.17) is 4.74 Å². The first kappa shape index (κ1) is 10.7. The summed E-state index contributed by atoms with van der Waals surface area (Å²) in [7, 11) is 0. The molecule has 0 saturated carbocycles. The summed E-state index contributed by atoms with van der Waals surface area (Å²) in [6.45, 7) is 0.901. The first-order chi connectivity index (χ1) is 8.93. The molecule has 1 nitrogen and oxygen atoms in total. The van der Waals surface area contributed by atoms with Gasteiger partial charge in [0.1, 0.15) is 0 Å². The van der Waals surface area contributed by atoms with E-state index in [-0.39, 0.29) is 0 Å². The lowest BCUT2D eigenvalue weighted by Gasteiger charge is -2.17. The highest BCUT2D eigenvalue weighted by molar-refractivity contribution is 7.98. The molecule has 1 fully saturated rings. The lowest BCUT2D eigenvalue weighted by Crippen LogP contribution is -2.09. The van der Waals surface area contributed by atoms with Crippen LogP contribution >= 0.6 is 11.8 Å². The van der Waals surface area contributed by atoms with Gasteiger partial charge in [-0.3, -0.25) is 0 Å².